The average molecular weight is 320 g/mol. The van der Waals surface area contributed by atoms with Crippen molar-refractivity contribution in [3.8, 4) is 11.8 Å². The lowest BCUT2D eigenvalue weighted by atomic mass is 9.87. The van der Waals surface area contributed by atoms with Crippen molar-refractivity contribution in [2.75, 3.05) is 19.7 Å². The molecule has 1 N–H and O–H groups in total. The summed E-state index contributed by atoms with van der Waals surface area (Å²) >= 11 is 0. The topological polar surface area (TPSA) is 21.3 Å². The predicted octanol–water partition coefficient (Wildman–Crippen LogP) is 4.93. The molecule has 0 bridgehead atoms. The molecule has 2 heteroatoms. The van der Waals surface area contributed by atoms with Crippen molar-refractivity contribution in [1.82, 2.24) is 5.32 Å². The van der Waals surface area contributed by atoms with E-state index in [0.29, 0.717) is 17.9 Å². The Balaban J connectivity index is 1.49. The van der Waals surface area contributed by atoms with Gasteiger partial charge >= 0.3 is 0 Å². The number of hydrogen-bond acceptors (Lipinski definition) is 2. The molecule has 2 rings (SSSR count). The Morgan fingerprint density at radius 1 is 0.783 bits per heavy atom. The zero-order valence-electron chi connectivity index (χ0n) is 15.2. The van der Waals surface area contributed by atoms with E-state index in [0.717, 1.165) is 19.7 Å². The Hall–Kier alpha value is -0.520. The summed E-state index contributed by atoms with van der Waals surface area (Å²) in [5, 5.41) is 3.41. The number of unbranched alkanes of at least 4 members (excludes halogenated alkanes) is 5. The molecule has 1 aliphatic heterocycles. The highest BCUT2D eigenvalue weighted by Crippen LogP contribution is 2.26. The van der Waals surface area contributed by atoms with Gasteiger partial charge in [0.2, 0.25) is 0 Å². The lowest BCUT2D eigenvalue weighted by Gasteiger charge is -2.26. The molecule has 132 valence electrons. The monoisotopic (exact) mass is 319 g/mol. The van der Waals surface area contributed by atoms with Gasteiger partial charge in [-0.3, -0.25) is 0 Å². The smallest absolute Gasteiger partial charge is 0.0576 e. The fourth-order valence-electron chi connectivity index (χ4n) is 3.71. The van der Waals surface area contributed by atoms with E-state index in [1.54, 1.807) is 0 Å². The summed E-state index contributed by atoms with van der Waals surface area (Å²) in [6.45, 7) is 5.55. The van der Waals surface area contributed by atoms with Crippen molar-refractivity contribution >= 4 is 0 Å². The number of rotatable bonds is 8. The fraction of sp³-hybridized carbons (Fsp3) is 0.905. The van der Waals surface area contributed by atoms with E-state index in [2.05, 4.69) is 24.1 Å². The maximum Gasteiger partial charge on any atom is 0.0576 e. The molecule has 23 heavy (non-hydrogen) atoms. The van der Waals surface area contributed by atoms with E-state index in [1.807, 2.05) is 0 Å². The van der Waals surface area contributed by atoms with Crippen LogP contribution in [0.1, 0.15) is 84.0 Å². The van der Waals surface area contributed by atoms with Crippen LogP contribution in [0.3, 0.4) is 0 Å². The minimum atomic E-state index is 0.516. The molecule has 2 fully saturated rings. The second kappa shape index (κ2) is 11.9. The highest BCUT2D eigenvalue weighted by atomic mass is 16.5. The van der Waals surface area contributed by atoms with E-state index in [-0.39, 0.29) is 0 Å². The minimum absolute atomic E-state index is 0.516. The van der Waals surface area contributed by atoms with Crippen LogP contribution in [-0.2, 0) is 4.74 Å². The van der Waals surface area contributed by atoms with Gasteiger partial charge in [-0.2, -0.15) is 0 Å². The number of nitrogens with one attached hydrogen (secondary N) is 1. The van der Waals surface area contributed by atoms with Crippen LogP contribution in [0.2, 0.25) is 0 Å². The fourth-order valence-corrected chi connectivity index (χ4v) is 3.71. The lowest BCUT2D eigenvalue weighted by Crippen LogP contribution is -2.27. The zero-order valence-corrected chi connectivity index (χ0v) is 15.2. The van der Waals surface area contributed by atoms with Crippen LogP contribution in [0.5, 0.6) is 0 Å². The minimum Gasteiger partial charge on any atom is -0.378 e. The number of piperidine rings is 1. The molecule has 1 aliphatic carbocycles. The second-order valence-corrected chi connectivity index (χ2v) is 7.43. The lowest BCUT2D eigenvalue weighted by molar-refractivity contribution is 0.0209. The first-order chi connectivity index (χ1) is 11.4. The molecule has 1 saturated carbocycles. The molecule has 2 nitrogen and oxygen atoms in total. The zero-order chi connectivity index (χ0) is 16.2. The van der Waals surface area contributed by atoms with E-state index in [9.17, 15) is 0 Å². The van der Waals surface area contributed by atoms with Gasteiger partial charge in [0.25, 0.3) is 0 Å². The SMILES string of the molecule is CCCCCCCCOC1CCC(C#CC2CCNCC2)CC1. The van der Waals surface area contributed by atoms with Crippen molar-refractivity contribution in [3.05, 3.63) is 0 Å². The third-order valence-electron chi connectivity index (χ3n) is 5.36. The quantitative estimate of drug-likeness (QED) is 0.506. The van der Waals surface area contributed by atoms with E-state index in [1.165, 1.54) is 77.0 Å². The first-order valence-corrected chi connectivity index (χ1v) is 10.2. The van der Waals surface area contributed by atoms with Crippen LogP contribution in [0, 0.1) is 23.7 Å². The molecule has 2 aliphatic rings. The van der Waals surface area contributed by atoms with Crippen molar-refractivity contribution in [2.24, 2.45) is 11.8 Å². The highest BCUT2D eigenvalue weighted by Gasteiger charge is 2.20. The van der Waals surface area contributed by atoms with Gasteiger partial charge in [0.15, 0.2) is 0 Å². The van der Waals surface area contributed by atoms with Crippen LogP contribution in [0.25, 0.3) is 0 Å². The molecule has 0 spiro atoms. The Kier molecular flexibility index (Phi) is 9.76. The molecule has 0 aromatic rings. The van der Waals surface area contributed by atoms with Crippen molar-refractivity contribution in [3.63, 3.8) is 0 Å². The molecular formula is C21H37NO. The molecule has 0 atom stereocenters. The molecule has 0 unspecified atom stereocenters. The van der Waals surface area contributed by atoms with Crippen LogP contribution < -0.4 is 5.32 Å². The van der Waals surface area contributed by atoms with E-state index in [4.69, 9.17) is 4.74 Å². The Labute approximate surface area is 144 Å². The third kappa shape index (κ3) is 8.23. The van der Waals surface area contributed by atoms with E-state index >= 15 is 0 Å². The number of hydrogen-bond donors (Lipinski definition) is 1. The summed E-state index contributed by atoms with van der Waals surface area (Å²) in [6, 6.07) is 0. The van der Waals surface area contributed by atoms with Gasteiger partial charge in [-0.1, -0.05) is 50.9 Å². The largest absolute Gasteiger partial charge is 0.378 e. The highest BCUT2D eigenvalue weighted by molar-refractivity contribution is 5.09. The van der Waals surface area contributed by atoms with Gasteiger partial charge in [0.05, 0.1) is 6.10 Å². The van der Waals surface area contributed by atoms with Crippen LogP contribution in [-0.4, -0.2) is 25.8 Å². The Morgan fingerprint density at radius 2 is 1.39 bits per heavy atom. The summed E-state index contributed by atoms with van der Waals surface area (Å²) in [5.41, 5.74) is 0. The van der Waals surface area contributed by atoms with Gasteiger partial charge in [-0.05, 0) is 58.0 Å². The van der Waals surface area contributed by atoms with Gasteiger partial charge in [-0.25, -0.2) is 0 Å². The van der Waals surface area contributed by atoms with Crippen molar-refractivity contribution in [2.45, 2.75) is 90.1 Å². The molecule has 0 amide bonds. The van der Waals surface area contributed by atoms with Gasteiger partial charge in [0.1, 0.15) is 0 Å². The summed E-state index contributed by atoms with van der Waals surface area (Å²) < 4.78 is 6.08. The number of ether oxygens (including phenoxy) is 1. The molecular weight excluding hydrogens is 282 g/mol. The molecule has 0 aromatic heterocycles. The molecule has 1 heterocycles. The second-order valence-electron chi connectivity index (χ2n) is 7.43. The summed E-state index contributed by atoms with van der Waals surface area (Å²) in [7, 11) is 0. The van der Waals surface area contributed by atoms with Gasteiger partial charge < -0.3 is 10.1 Å². The molecule has 1 saturated heterocycles. The maximum absolute atomic E-state index is 6.08. The molecule has 0 aromatic carbocycles. The normalized spacial score (nSPS) is 25.8. The van der Waals surface area contributed by atoms with Crippen molar-refractivity contribution < 1.29 is 4.74 Å². The summed E-state index contributed by atoms with van der Waals surface area (Å²) in [6.07, 6.45) is 16.0. The average Bonchev–Trinajstić information content (AvgIpc) is 2.61. The standard InChI is InChI=1S/C21H37NO/c1-2-3-4-5-6-7-18-23-21-12-10-19(11-13-21)8-9-20-14-16-22-17-15-20/h19-22H,2-7,10-18H2,1H3. The first-order valence-electron chi connectivity index (χ1n) is 10.2. The van der Waals surface area contributed by atoms with Crippen LogP contribution in [0.4, 0.5) is 0 Å². The van der Waals surface area contributed by atoms with E-state index < -0.39 is 0 Å². The van der Waals surface area contributed by atoms with Gasteiger partial charge in [-0.15, -0.1) is 0 Å². The van der Waals surface area contributed by atoms with Crippen LogP contribution >= 0.6 is 0 Å². The Bertz CT molecular complexity index is 343. The maximum atomic E-state index is 6.08. The van der Waals surface area contributed by atoms with Crippen molar-refractivity contribution in [1.29, 1.82) is 0 Å². The van der Waals surface area contributed by atoms with Gasteiger partial charge in [0, 0.05) is 18.4 Å². The third-order valence-corrected chi connectivity index (χ3v) is 5.36. The summed E-state index contributed by atoms with van der Waals surface area (Å²) in [4.78, 5) is 0. The Morgan fingerprint density at radius 3 is 2.09 bits per heavy atom. The molecule has 0 radical (unpaired) electrons. The predicted molar refractivity (Wildman–Crippen MR) is 98.4 cm³/mol. The van der Waals surface area contributed by atoms with Crippen LogP contribution in [0.15, 0.2) is 0 Å². The summed E-state index contributed by atoms with van der Waals surface area (Å²) in [5.74, 6) is 8.42. The first kappa shape index (κ1) is 18.8.